The van der Waals surface area contributed by atoms with Crippen LogP contribution < -0.4 is 5.32 Å². The highest BCUT2D eigenvalue weighted by Gasteiger charge is 2.19. The van der Waals surface area contributed by atoms with Crippen LogP contribution >= 0.6 is 0 Å². The molecule has 0 saturated heterocycles. The van der Waals surface area contributed by atoms with E-state index in [9.17, 15) is 20.0 Å². The number of carbonyl (C=O) groups is 1. The zero-order chi connectivity index (χ0) is 14.5. The SMILES string of the molecule is O=C(CCn1ccnn1)Nc1c(O)cccc1[N+](=O)[O-]. The van der Waals surface area contributed by atoms with Crippen LogP contribution in [0.5, 0.6) is 5.75 Å². The third-order valence-corrected chi connectivity index (χ3v) is 2.52. The first-order valence-electron chi connectivity index (χ1n) is 5.68. The van der Waals surface area contributed by atoms with Crippen LogP contribution in [0.3, 0.4) is 0 Å². The number of nitro groups is 1. The zero-order valence-electron chi connectivity index (χ0n) is 10.3. The predicted octanol–water partition coefficient (Wildman–Crippen LogP) is 0.921. The van der Waals surface area contributed by atoms with Crippen LogP contribution in [0.4, 0.5) is 11.4 Å². The van der Waals surface area contributed by atoms with Crippen LogP contribution in [0.25, 0.3) is 0 Å². The van der Waals surface area contributed by atoms with E-state index >= 15 is 0 Å². The monoisotopic (exact) mass is 277 g/mol. The summed E-state index contributed by atoms with van der Waals surface area (Å²) < 4.78 is 1.46. The van der Waals surface area contributed by atoms with Crippen molar-refractivity contribution in [3.8, 4) is 5.75 Å². The van der Waals surface area contributed by atoms with Gasteiger partial charge in [0.05, 0.1) is 17.7 Å². The largest absolute Gasteiger partial charge is 0.505 e. The molecule has 2 rings (SSSR count). The van der Waals surface area contributed by atoms with Gasteiger partial charge in [0, 0.05) is 18.7 Å². The number of hydrogen-bond acceptors (Lipinski definition) is 6. The maximum absolute atomic E-state index is 11.7. The zero-order valence-corrected chi connectivity index (χ0v) is 10.3. The van der Waals surface area contributed by atoms with Crippen molar-refractivity contribution in [2.24, 2.45) is 0 Å². The number of amides is 1. The highest BCUT2D eigenvalue weighted by Crippen LogP contribution is 2.33. The number of hydrogen-bond donors (Lipinski definition) is 2. The van der Waals surface area contributed by atoms with Gasteiger partial charge in [0.15, 0.2) is 5.69 Å². The normalized spacial score (nSPS) is 10.2. The first-order valence-corrected chi connectivity index (χ1v) is 5.68. The Morgan fingerprint density at radius 3 is 2.95 bits per heavy atom. The number of phenols is 1. The molecular formula is C11H11N5O4. The van der Waals surface area contributed by atoms with Gasteiger partial charge in [-0.1, -0.05) is 11.3 Å². The Balaban J connectivity index is 2.06. The van der Waals surface area contributed by atoms with Gasteiger partial charge < -0.3 is 10.4 Å². The van der Waals surface area contributed by atoms with Crippen molar-refractivity contribution in [1.82, 2.24) is 15.0 Å². The van der Waals surface area contributed by atoms with Gasteiger partial charge in [-0.3, -0.25) is 19.6 Å². The second kappa shape index (κ2) is 5.78. The summed E-state index contributed by atoms with van der Waals surface area (Å²) in [6.45, 7) is 0.285. The Morgan fingerprint density at radius 1 is 1.50 bits per heavy atom. The van der Waals surface area contributed by atoms with Gasteiger partial charge in [-0.05, 0) is 6.07 Å². The standard InChI is InChI=1S/C11H11N5O4/c17-9-3-1-2-8(16(19)20)11(9)13-10(18)4-6-15-7-5-12-14-15/h1-3,5,7,17H,4,6H2,(H,13,18). The molecule has 0 fully saturated rings. The van der Waals surface area contributed by atoms with Gasteiger partial charge in [0.2, 0.25) is 5.91 Å². The van der Waals surface area contributed by atoms with Crippen LogP contribution in [0.15, 0.2) is 30.6 Å². The van der Waals surface area contributed by atoms with Crippen LogP contribution in [0.1, 0.15) is 6.42 Å². The molecule has 1 aromatic carbocycles. The highest BCUT2D eigenvalue weighted by molar-refractivity contribution is 5.94. The number of benzene rings is 1. The quantitative estimate of drug-likeness (QED) is 0.476. The molecule has 0 unspecified atom stereocenters. The van der Waals surface area contributed by atoms with Crippen LogP contribution in [-0.4, -0.2) is 30.9 Å². The first kappa shape index (κ1) is 13.5. The topological polar surface area (TPSA) is 123 Å². The molecule has 0 aliphatic heterocycles. The summed E-state index contributed by atoms with van der Waals surface area (Å²) in [4.78, 5) is 21.9. The molecule has 0 bridgehead atoms. The fourth-order valence-electron chi connectivity index (χ4n) is 1.58. The van der Waals surface area contributed by atoms with E-state index in [1.54, 1.807) is 6.20 Å². The van der Waals surface area contributed by atoms with Crippen molar-refractivity contribution >= 4 is 17.3 Å². The fraction of sp³-hybridized carbons (Fsp3) is 0.182. The lowest BCUT2D eigenvalue weighted by Crippen LogP contribution is -2.15. The lowest BCUT2D eigenvalue weighted by atomic mass is 10.2. The van der Waals surface area contributed by atoms with Gasteiger partial charge in [0.25, 0.3) is 5.69 Å². The molecule has 0 atom stereocenters. The third-order valence-electron chi connectivity index (χ3n) is 2.52. The molecule has 20 heavy (non-hydrogen) atoms. The van der Waals surface area contributed by atoms with Gasteiger partial charge >= 0.3 is 0 Å². The molecule has 0 saturated carbocycles. The molecular weight excluding hydrogens is 266 g/mol. The van der Waals surface area contributed by atoms with Crippen LogP contribution in [0.2, 0.25) is 0 Å². The molecule has 0 aliphatic rings. The highest BCUT2D eigenvalue weighted by atomic mass is 16.6. The molecule has 2 aromatic rings. The second-order valence-electron chi connectivity index (χ2n) is 3.89. The van der Waals surface area contributed by atoms with Crippen LogP contribution in [0, 0.1) is 10.1 Å². The van der Waals surface area contributed by atoms with Crippen molar-refractivity contribution in [1.29, 1.82) is 0 Å². The Bertz CT molecular complexity index is 626. The van der Waals surface area contributed by atoms with Crippen molar-refractivity contribution < 1.29 is 14.8 Å². The summed E-state index contributed by atoms with van der Waals surface area (Å²) in [5.74, 6) is -0.821. The van der Waals surface area contributed by atoms with Crippen molar-refractivity contribution in [3.63, 3.8) is 0 Å². The summed E-state index contributed by atoms with van der Waals surface area (Å²) in [5, 5.41) is 30.0. The van der Waals surface area contributed by atoms with E-state index in [0.29, 0.717) is 0 Å². The molecule has 2 N–H and O–H groups in total. The van der Waals surface area contributed by atoms with E-state index in [4.69, 9.17) is 0 Å². The lowest BCUT2D eigenvalue weighted by molar-refractivity contribution is -0.384. The predicted molar refractivity (Wildman–Crippen MR) is 68.0 cm³/mol. The van der Waals surface area contributed by atoms with Gasteiger partial charge in [0.1, 0.15) is 5.75 Å². The van der Waals surface area contributed by atoms with E-state index in [1.165, 1.54) is 29.1 Å². The van der Waals surface area contributed by atoms with Gasteiger partial charge in [-0.2, -0.15) is 0 Å². The summed E-state index contributed by atoms with van der Waals surface area (Å²) >= 11 is 0. The number of aromatic hydroxyl groups is 1. The minimum atomic E-state index is -0.674. The van der Waals surface area contributed by atoms with Crippen molar-refractivity contribution in [2.45, 2.75) is 13.0 Å². The number of nitrogens with one attached hydrogen (secondary N) is 1. The number of carbonyl (C=O) groups excluding carboxylic acids is 1. The number of anilines is 1. The van der Waals surface area contributed by atoms with Crippen molar-refractivity contribution in [3.05, 3.63) is 40.7 Å². The van der Waals surface area contributed by atoms with E-state index < -0.39 is 10.8 Å². The summed E-state index contributed by atoms with van der Waals surface area (Å²) in [7, 11) is 0. The summed E-state index contributed by atoms with van der Waals surface area (Å²) in [5.41, 5.74) is -0.569. The fourth-order valence-corrected chi connectivity index (χ4v) is 1.58. The van der Waals surface area contributed by atoms with E-state index in [0.717, 1.165) is 0 Å². The summed E-state index contributed by atoms with van der Waals surface area (Å²) in [6, 6.07) is 3.80. The molecule has 9 heteroatoms. The number of phenolic OH excluding ortho intramolecular Hbond substituents is 1. The molecule has 0 aliphatic carbocycles. The number of rotatable bonds is 5. The molecule has 1 heterocycles. The molecule has 0 spiro atoms. The number of nitro benzene ring substituents is 1. The van der Waals surface area contributed by atoms with E-state index in [2.05, 4.69) is 15.6 Å². The second-order valence-corrected chi connectivity index (χ2v) is 3.89. The maximum atomic E-state index is 11.7. The molecule has 0 radical (unpaired) electrons. The summed E-state index contributed by atoms with van der Waals surface area (Å²) in [6.07, 6.45) is 3.12. The van der Waals surface area contributed by atoms with Gasteiger partial charge in [-0.25, -0.2) is 0 Å². The van der Waals surface area contributed by atoms with E-state index in [1.807, 2.05) is 0 Å². The Labute approximate surface area is 113 Å². The number of nitrogens with zero attached hydrogens (tertiary/aromatic N) is 4. The number of aryl methyl sites for hydroxylation is 1. The third kappa shape index (κ3) is 3.07. The molecule has 9 nitrogen and oxygen atoms in total. The smallest absolute Gasteiger partial charge is 0.296 e. The van der Waals surface area contributed by atoms with Crippen LogP contribution in [-0.2, 0) is 11.3 Å². The number of para-hydroxylation sites is 1. The minimum Gasteiger partial charge on any atom is -0.505 e. The Hall–Kier alpha value is -2.97. The molecule has 1 aromatic heterocycles. The molecule has 104 valence electrons. The minimum absolute atomic E-state index is 0.0504. The average molecular weight is 277 g/mol. The van der Waals surface area contributed by atoms with Crippen molar-refractivity contribution in [2.75, 3.05) is 5.32 Å². The molecule has 1 amide bonds. The lowest BCUT2D eigenvalue weighted by Gasteiger charge is -2.07. The van der Waals surface area contributed by atoms with Gasteiger partial charge in [-0.15, -0.1) is 5.10 Å². The number of aromatic nitrogens is 3. The van der Waals surface area contributed by atoms with E-state index in [-0.39, 0.29) is 30.1 Å². The Morgan fingerprint density at radius 2 is 2.30 bits per heavy atom. The first-order chi connectivity index (χ1) is 9.58. The average Bonchev–Trinajstić information content (AvgIpc) is 2.91. The maximum Gasteiger partial charge on any atom is 0.296 e. The Kier molecular flexibility index (Phi) is 3.89.